The van der Waals surface area contributed by atoms with Crippen LogP contribution in [0, 0.1) is 10.1 Å². The number of nitrogens with zero attached hydrogens (tertiary/aromatic N) is 1. The lowest BCUT2D eigenvalue weighted by Gasteiger charge is -2.14. The van der Waals surface area contributed by atoms with Crippen LogP contribution in [0.3, 0.4) is 0 Å². The fourth-order valence-electron chi connectivity index (χ4n) is 1.93. The van der Waals surface area contributed by atoms with Crippen LogP contribution in [-0.2, 0) is 0 Å². The number of benzene rings is 1. The van der Waals surface area contributed by atoms with Gasteiger partial charge in [-0.2, -0.15) is 0 Å². The van der Waals surface area contributed by atoms with Gasteiger partial charge >= 0.3 is 0 Å². The van der Waals surface area contributed by atoms with E-state index in [4.69, 9.17) is 9.15 Å². The number of ether oxygens (including phenoxy) is 1. The van der Waals surface area contributed by atoms with Crippen molar-refractivity contribution in [1.29, 1.82) is 0 Å². The van der Waals surface area contributed by atoms with E-state index in [2.05, 4.69) is 5.32 Å². The van der Waals surface area contributed by atoms with E-state index in [0.717, 1.165) is 12.2 Å². The molecule has 1 N–H and O–H groups in total. The molecule has 1 aromatic carbocycles. The number of furan rings is 1. The Balaban J connectivity index is 2.20. The van der Waals surface area contributed by atoms with Crippen molar-refractivity contribution in [2.75, 3.05) is 11.9 Å². The van der Waals surface area contributed by atoms with Crippen LogP contribution in [0.4, 0.5) is 11.4 Å². The molecule has 112 valence electrons. The molecule has 0 radical (unpaired) electrons. The number of nitro benzene ring substituents is 1. The minimum absolute atomic E-state index is 0.00209. The van der Waals surface area contributed by atoms with Crippen molar-refractivity contribution in [1.82, 2.24) is 0 Å². The SMILES string of the molecule is CCCOc1cc(NC(C)c2ccco2)cc([N+](=O)[O-])c1. The van der Waals surface area contributed by atoms with Crippen molar-refractivity contribution in [3.8, 4) is 5.75 Å². The topological polar surface area (TPSA) is 77.5 Å². The molecule has 1 aromatic heterocycles. The minimum Gasteiger partial charge on any atom is -0.493 e. The number of rotatable bonds is 7. The number of hydrogen-bond donors (Lipinski definition) is 1. The third-order valence-electron chi connectivity index (χ3n) is 2.93. The van der Waals surface area contributed by atoms with Gasteiger partial charge in [-0.1, -0.05) is 6.92 Å². The second kappa shape index (κ2) is 6.78. The fourth-order valence-corrected chi connectivity index (χ4v) is 1.93. The van der Waals surface area contributed by atoms with E-state index in [1.807, 2.05) is 19.9 Å². The molecule has 0 amide bonds. The number of hydrogen-bond acceptors (Lipinski definition) is 5. The van der Waals surface area contributed by atoms with Crippen LogP contribution in [0.2, 0.25) is 0 Å². The van der Waals surface area contributed by atoms with Crippen molar-refractivity contribution < 1.29 is 14.1 Å². The molecule has 0 aliphatic heterocycles. The smallest absolute Gasteiger partial charge is 0.275 e. The van der Waals surface area contributed by atoms with E-state index in [-0.39, 0.29) is 11.7 Å². The maximum Gasteiger partial charge on any atom is 0.275 e. The number of nitro groups is 1. The molecule has 21 heavy (non-hydrogen) atoms. The highest BCUT2D eigenvalue weighted by Crippen LogP contribution is 2.28. The Morgan fingerprint density at radius 3 is 2.86 bits per heavy atom. The molecule has 1 unspecified atom stereocenters. The summed E-state index contributed by atoms with van der Waals surface area (Å²) < 4.78 is 10.8. The number of anilines is 1. The summed E-state index contributed by atoms with van der Waals surface area (Å²) in [5, 5.41) is 14.2. The highest BCUT2D eigenvalue weighted by Gasteiger charge is 2.14. The van der Waals surface area contributed by atoms with Gasteiger partial charge in [-0.15, -0.1) is 0 Å². The van der Waals surface area contributed by atoms with Crippen molar-refractivity contribution in [3.05, 3.63) is 52.5 Å². The molecule has 1 heterocycles. The quantitative estimate of drug-likeness (QED) is 0.612. The van der Waals surface area contributed by atoms with Crippen LogP contribution < -0.4 is 10.1 Å². The monoisotopic (exact) mass is 290 g/mol. The van der Waals surface area contributed by atoms with E-state index in [9.17, 15) is 10.1 Å². The Bertz CT molecular complexity index is 596. The summed E-state index contributed by atoms with van der Waals surface area (Å²) in [6, 6.07) is 8.22. The van der Waals surface area contributed by atoms with Crippen molar-refractivity contribution in [2.24, 2.45) is 0 Å². The van der Waals surface area contributed by atoms with E-state index < -0.39 is 4.92 Å². The first-order valence-electron chi connectivity index (χ1n) is 6.82. The summed E-state index contributed by atoms with van der Waals surface area (Å²) in [5.74, 6) is 1.25. The molecule has 0 bridgehead atoms. The molecule has 0 saturated heterocycles. The Morgan fingerprint density at radius 1 is 1.43 bits per heavy atom. The Labute approximate surface area is 122 Å². The molecule has 0 spiro atoms. The van der Waals surface area contributed by atoms with Gasteiger partial charge < -0.3 is 14.5 Å². The zero-order chi connectivity index (χ0) is 15.2. The maximum absolute atomic E-state index is 11.0. The summed E-state index contributed by atoms with van der Waals surface area (Å²) in [4.78, 5) is 10.6. The van der Waals surface area contributed by atoms with Crippen LogP contribution in [-0.4, -0.2) is 11.5 Å². The lowest BCUT2D eigenvalue weighted by atomic mass is 10.2. The van der Waals surface area contributed by atoms with E-state index in [1.54, 1.807) is 18.4 Å². The predicted molar refractivity (Wildman–Crippen MR) is 79.6 cm³/mol. The van der Waals surface area contributed by atoms with Crippen molar-refractivity contribution >= 4 is 11.4 Å². The molecule has 1 atom stereocenters. The second-order valence-electron chi connectivity index (χ2n) is 4.70. The molecule has 0 aliphatic rings. The van der Waals surface area contributed by atoms with Gasteiger partial charge in [0.25, 0.3) is 5.69 Å². The van der Waals surface area contributed by atoms with Crippen LogP contribution in [0.5, 0.6) is 5.75 Å². The normalized spacial score (nSPS) is 11.9. The van der Waals surface area contributed by atoms with Crippen LogP contribution in [0.25, 0.3) is 0 Å². The highest BCUT2D eigenvalue weighted by atomic mass is 16.6. The molecule has 2 aromatic rings. The van der Waals surface area contributed by atoms with Gasteiger partial charge in [0.15, 0.2) is 0 Å². The maximum atomic E-state index is 11.0. The Morgan fingerprint density at radius 2 is 2.24 bits per heavy atom. The molecule has 6 heteroatoms. The summed E-state index contributed by atoms with van der Waals surface area (Å²) in [7, 11) is 0. The molecular weight excluding hydrogens is 272 g/mol. The lowest BCUT2D eigenvalue weighted by Crippen LogP contribution is -2.06. The molecule has 0 fully saturated rings. The lowest BCUT2D eigenvalue weighted by molar-refractivity contribution is -0.384. The summed E-state index contributed by atoms with van der Waals surface area (Å²) >= 11 is 0. The third-order valence-corrected chi connectivity index (χ3v) is 2.93. The molecule has 2 rings (SSSR count). The summed E-state index contributed by atoms with van der Waals surface area (Å²) in [5.41, 5.74) is 0.622. The van der Waals surface area contributed by atoms with Gasteiger partial charge in [-0.25, -0.2) is 0 Å². The average Bonchev–Trinajstić information content (AvgIpc) is 2.99. The van der Waals surface area contributed by atoms with Crippen LogP contribution in [0.15, 0.2) is 41.0 Å². The number of non-ortho nitro benzene ring substituents is 1. The van der Waals surface area contributed by atoms with Gasteiger partial charge in [-0.05, 0) is 25.5 Å². The predicted octanol–water partition coefficient (Wildman–Crippen LogP) is 4.15. The van der Waals surface area contributed by atoms with Crippen LogP contribution >= 0.6 is 0 Å². The van der Waals surface area contributed by atoms with Crippen LogP contribution in [0.1, 0.15) is 32.1 Å². The molecular formula is C15H18N2O4. The fraction of sp³-hybridized carbons (Fsp3) is 0.333. The summed E-state index contributed by atoms with van der Waals surface area (Å²) in [6.07, 6.45) is 2.44. The summed E-state index contributed by atoms with van der Waals surface area (Å²) in [6.45, 7) is 4.42. The highest BCUT2D eigenvalue weighted by molar-refractivity contribution is 5.57. The first kappa shape index (κ1) is 14.9. The second-order valence-corrected chi connectivity index (χ2v) is 4.70. The zero-order valence-corrected chi connectivity index (χ0v) is 12.0. The average molecular weight is 290 g/mol. The van der Waals surface area contributed by atoms with E-state index in [1.165, 1.54) is 12.1 Å². The van der Waals surface area contributed by atoms with Crippen molar-refractivity contribution in [3.63, 3.8) is 0 Å². The number of nitrogens with one attached hydrogen (secondary N) is 1. The largest absolute Gasteiger partial charge is 0.493 e. The third kappa shape index (κ3) is 3.98. The van der Waals surface area contributed by atoms with Gasteiger partial charge in [0.2, 0.25) is 0 Å². The van der Waals surface area contributed by atoms with Crippen molar-refractivity contribution in [2.45, 2.75) is 26.3 Å². The van der Waals surface area contributed by atoms with E-state index >= 15 is 0 Å². The van der Waals surface area contributed by atoms with Gasteiger partial charge in [0, 0.05) is 17.8 Å². The Hall–Kier alpha value is -2.50. The first-order chi connectivity index (χ1) is 10.1. The molecule has 0 aliphatic carbocycles. The molecule has 0 saturated carbocycles. The standard InChI is InChI=1S/C15H18N2O4/c1-3-6-20-14-9-12(8-13(10-14)17(18)19)16-11(2)15-5-4-7-21-15/h4-5,7-11,16H,3,6H2,1-2H3. The van der Waals surface area contributed by atoms with Gasteiger partial charge in [-0.3, -0.25) is 10.1 Å². The zero-order valence-electron chi connectivity index (χ0n) is 12.0. The van der Waals surface area contributed by atoms with Gasteiger partial charge in [0.1, 0.15) is 11.5 Å². The van der Waals surface area contributed by atoms with E-state index in [0.29, 0.717) is 18.0 Å². The first-order valence-corrected chi connectivity index (χ1v) is 6.82. The van der Waals surface area contributed by atoms with Gasteiger partial charge in [0.05, 0.1) is 29.9 Å². The Kier molecular flexibility index (Phi) is 4.81. The molecule has 6 nitrogen and oxygen atoms in total. The minimum atomic E-state index is -0.429.